The van der Waals surface area contributed by atoms with E-state index in [-0.39, 0.29) is 5.31 Å². The Labute approximate surface area is 110 Å². The van der Waals surface area contributed by atoms with Crippen LogP contribution < -0.4 is 0 Å². The third-order valence-electron chi connectivity index (χ3n) is 5.38. The van der Waals surface area contributed by atoms with Crippen molar-refractivity contribution in [1.82, 2.24) is 0 Å². The molecule has 0 heterocycles. The normalized spacial score (nSPS) is 31.0. The second-order valence-electron chi connectivity index (χ2n) is 7.38. The van der Waals surface area contributed by atoms with Crippen molar-refractivity contribution in [2.45, 2.75) is 79.0 Å². The van der Waals surface area contributed by atoms with Crippen molar-refractivity contribution in [2.24, 2.45) is 23.2 Å². The monoisotopic (exact) mass is 234 g/mol. The molecular weight excluding hydrogens is 203 g/mol. The summed E-state index contributed by atoms with van der Waals surface area (Å²) in [6.07, 6.45) is 6.60. The Morgan fingerprint density at radius 3 is 2.06 bits per heavy atom. The van der Waals surface area contributed by atoms with Crippen molar-refractivity contribution < 1.29 is 0 Å². The largest absolute Gasteiger partial charge is 0.0746 e. The average molecular weight is 234 g/mol. The van der Waals surface area contributed by atoms with Crippen LogP contribution in [0, 0.1) is 23.2 Å². The molecule has 0 N–H and O–H groups in total. The summed E-state index contributed by atoms with van der Waals surface area (Å²) in [5.74, 6) is 2.49. The van der Waals surface area contributed by atoms with Crippen LogP contribution in [0.25, 0.3) is 0 Å². The molecule has 17 heavy (non-hydrogen) atoms. The third kappa shape index (κ3) is 3.76. The molecule has 98 valence electrons. The van der Waals surface area contributed by atoms with Crippen LogP contribution in [-0.4, -0.2) is 7.85 Å². The fourth-order valence-corrected chi connectivity index (χ4v) is 3.20. The first-order valence-electron chi connectivity index (χ1n) is 7.52. The van der Waals surface area contributed by atoms with Gasteiger partial charge in [-0.15, -0.1) is 0 Å². The van der Waals surface area contributed by atoms with Gasteiger partial charge in [-0.1, -0.05) is 59.7 Å². The van der Waals surface area contributed by atoms with Crippen LogP contribution in [0.15, 0.2) is 0 Å². The molecule has 1 aliphatic carbocycles. The second-order valence-corrected chi connectivity index (χ2v) is 7.38. The van der Waals surface area contributed by atoms with E-state index < -0.39 is 0 Å². The summed E-state index contributed by atoms with van der Waals surface area (Å²) in [6, 6.07) is 0. The zero-order valence-corrected chi connectivity index (χ0v) is 12.8. The van der Waals surface area contributed by atoms with Gasteiger partial charge in [-0.25, -0.2) is 0 Å². The topological polar surface area (TPSA) is 0 Å². The Bertz CT molecular complexity index is 244. The molecule has 0 aliphatic heterocycles. The van der Waals surface area contributed by atoms with Crippen molar-refractivity contribution in [1.29, 1.82) is 0 Å². The van der Waals surface area contributed by atoms with Crippen molar-refractivity contribution in [2.75, 3.05) is 0 Å². The maximum Gasteiger partial charge on any atom is 0.0746 e. The van der Waals surface area contributed by atoms with Crippen LogP contribution in [0.3, 0.4) is 0 Å². The van der Waals surface area contributed by atoms with Crippen LogP contribution in [0.2, 0.25) is 5.31 Å². The summed E-state index contributed by atoms with van der Waals surface area (Å²) in [7, 11) is 6.42. The fraction of sp³-hybridized carbons (Fsp3) is 1.00. The first kappa shape index (κ1) is 15.1. The SMILES string of the molecule is [B]C(C)(CCC(C)(CCC)C1CC1C)C(C)C. The molecule has 1 heteroatoms. The molecule has 0 aromatic rings. The van der Waals surface area contributed by atoms with E-state index in [0.29, 0.717) is 11.3 Å². The van der Waals surface area contributed by atoms with Crippen molar-refractivity contribution >= 4 is 7.85 Å². The highest BCUT2D eigenvalue weighted by atomic mass is 14.5. The van der Waals surface area contributed by atoms with Crippen molar-refractivity contribution in [3.8, 4) is 0 Å². The van der Waals surface area contributed by atoms with Gasteiger partial charge < -0.3 is 0 Å². The van der Waals surface area contributed by atoms with Gasteiger partial charge in [-0.2, -0.15) is 0 Å². The molecule has 1 rings (SSSR count). The maximum absolute atomic E-state index is 6.42. The lowest BCUT2D eigenvalue weighted by molar-refractivity contribution is 0.191. The molecule has 0 aromatic heterocycles. The minimum absolute atomic E-state index is 0.00707. The summed E-state index contributed by atoms with van der Waals surface area (Å²) in [6.45, 7) is 13.9. The molecule has 0 bridgehead atoms. The van der Waals surface area contributed by atoms with Gasteiger partial charge in [0.15, 0.2) is 0 Å². The predicted molar refractivity (Wildman–Crippen MR) is 78.5 cm³/mol. The fourth-order valence-electron chi connectivity index (χ4n) is 3.20. The van der Waals surface area contributed by atoms with E-state index in [9.17, 15) is 0 Å². The van der Waals surface area contributed by atoms with E-state index in [2.05, 4.69) is 41.5 Å². The lowest BCUT2D eigenvalue weighted by Gasteiger charge is -2.37. The third-order valence-corrected chi connectivity index (χ3v) is 5.38. The van der Waals surface area contributed by atoms with Crippen molar-refractivity contribution in [3.05, 3.63) is 0 Å². The zero-order valence-electron chi connectivity index (χ0n) is 12.8. The Morgan fingerprint density at radius 1 is 1.18 bits per heavy atom. The number of rotatable bonds is 7. The molecule has 0 nitrogen and oxygen atoms in total. The van der Waals surface area contributed by atoms with E-state index in [1.165, 1.54) is 32.1 Å². The van der Waals surface area contributed by atoms with Crippen LogP contribution in [0.4, 0.5) is 0 Å². The minimum Gasteiger partial charge on any atom is -0.0674 e. The molecule has 4 atom stereocenters. The second kappa shape index (κ2) is 5.37. The molecule has 0 amide bonds. The van der Waals surface area contributed by atoms with Gasteiger partial charge in [0.2, 0.25) is 0 Å². The van der Waals surface area contributed by atoms with E-state index in [1.807, 2.05) is 0 Å². The molecule has 4 unspecified atom stereocenters. The van der Waals surface area contributed by atoms with Gasteiger partial charge in [0, 0.05) is 0 Å². The predicted octanol–water partition coefficient (Wildman–Crippen LogP) is 5.23. The first-order valence-corrected chi connectivity index (χ1v) is 7.52. The lowest BCUT2D eigenvalue weighted by atomic mass is 9.58. The summed E-state index contributed by atoms with van der Waals surface area (Å²) in [4.78, 5) is 0. The number of hydrogen-bond donors (Lipinski definition) is 0. The van der Waals surface area contributed by atoms with E-state index >= 15 is 0 Å². The smallest absolute Gasteiger partial charge is 0.0674 e. The number of hydrogen-bond acceptors (Lipinski definition) is 0. The van der Waals surface area contributed by atoms with Crippen LogP contribution >= 0.6 is 0 Å². The Balaban J connectivity index is 2.56. The van der Waals surface area contributed by atoms with Gasteiger partial charge >= 0.3 is 0 Å². The standard InChI is InChI=1S/C16H31B/c1-7-8-15(5,14-11-13(14)4)9-10-16(6,17)12(2)3/h12-14H,7-11H2,1-6H3. The minimum atomic E-state index is 0.00707. The lowest BCUT2D eigenvalue weighted by Crippen LogP contribution is -2.24. The average Bonchev–Trinajstić information content (AvgIpc) is 2.94. The molecule has 0 saturated heterocycles. The molecule has 2 radical (unpaired) electrons. The van der Waals surface area contributed by atoms with Crippen LogP contribution in [-0.2, 0) is 0 Å². The summed E-state index contributed by atoms with van der Waals surface area (Å²) < 4.78 is 0. The van der Waals surface area contributed by atoms with Gasteiger partial charge in [-0.3, -0.25) is 0 Å². The molecule has 1 fully saturated rings. The highest BCUT2D eigenvalue weighted by Gasteiger charge is 2.46. The highest BCUT2D eigenvalue weighted by molar-refractivity contribution is 6.15. The van der Waals surface area contributed by atoms with Gasteiger partial charge in [0.25, 0.3) is 0 Å². The van der Waals surface area contributed by atoms with Crippen molar-refractivity contribution in [3.63, 3.8) is 0 Å². The van der Waals surface area contributed by atoms with Crippen LogP contribution in [0.5, 0.6) is 0 Å². The molecular formula is C16H31B. The maximum atomic E-state index is 6.42. The van der Waals surface area contributed by atoms with E-state index in [4.69, 9.17) is 7.85 Å². The Morgan fingerprint density at radius 2 is 1.71 bits per heavy atom. The van der Waals surface area contributed by atoms with Gasteiger partial charge in [0.05, 0.1) is 7.85 Å². The Kier molecular flexibility index (Phi) is 4.77. The summed E-state index contributed by atoms with van der Waals surface area (Å²) >= 11 is 0. The molecule has 1 aliphatic rings. The van der Waals surface area contributed by atoms with E-state index in [1.54, 1.807) is 0 Å². The quantitative estimate of drug-likeness (QED) is 0.529. The summed E-state index contributed by atoms with van der Waals surface area (Å²) in [5.41, 5.74) is 0.545. The summed E-state index contributed by atoms with van der Waals surface area (Å²) in [5, 5.41) is 0.00707. The van der Waals surface area contributed by atoms with Gasteiger partial charge in [0.1, 0.15) is 0 Å². The van der Waals surface area contributed by atoms with Crippen LogP contribution in [0.1, 0.15) is 73.6 Å². The molecule has 0 spiro atoms. The zero-order chi connectivity index (χ0) is 13.3. The van der Waals surface area contributed by atoms with E-state index in [0.717, 1.165) is 11.8 Å². The van der Waals surface area contributed by atoms with Gasteiger partial charge in [-0.05, 0) is 42.4 Å². The highest BCUT2D eigenvalue weighted by Crippen LogP contribution is 2.56. The first-order chi connectivity index (χ1) is 7.73. The Hall–Kier alpha value is 0.0649. The molecule has 0 aromatic carbocycles. The molecule has 1 saturated carbocycles.